The molecule has 1 rings (SSSR count). The number of anilines is 2. The number of primary amides is 1. The molecule has 0 fully saturated rings. The minimum atomic E-state index is -0.517. The second-order valence-corrected chi connectivity index (χ2v) is 4.72. The predicted molar refractivity (Wildman–Crippen MR) is 80.4 cm³/mol. The number of hydrogen-bond donors (Lipinski definition) is 4. The smallest absolute Gasteiger partial charge is 0.248 e. The van der Waals surface area contributed by atoms with Crippen LogP contribution in [0.4, 0.5) is 11.4 Å². The van der Waals surface area contributed by atoms with Crippen molar-refractivity contribution in [2.45, 2.75) is 32.7 Å². The van der Waals surface area contributed by atoms with Gasteiger partial charge in [-0.3, -0.25) is 9.59 Å². The first-order valence-corrected chi connectivity index (χ1v) is 6.66. The first-order chi connectivity index (χ1) is 9.43. The van der Waals surface area contributed by atoms with Crippen LogP contribution in [0.3, 0.4) is 0 Å². The molecule has 0 aliphatic heterocycles. The highest BCUT2D eigenvalue weighted by atomic mass is 16.2. The molecule has 0 aromatic heterocycles. The van der Waals surface area contributed by atoms with Crippen molar-refractivity contribution in [2.75, 3.05) is 17.6 Å². The van der Waals surface area contributed by atoms with Crippen LogP contribution in [0, 0.1) is 0 Å². The van der Waals surface area contributed by atoms with Crippen LogP contribution in [0.1, 0.15) is 37.0 Å². The number of carbonyl (C=O) groups is 2. The Morgan fingerprint density at radius 1 is 1.35 bits per heavy atom. The molecule has 6 nitrogen and oxygen atoms in total. The van der Waals surface area contributed by atoms with Crippen LogP contribution >= 0.6 is 0 Å². The molecule has 0 radical (unpaired) electrons. The summed E-state index contributed by atoms with van der Waals surface area (Å²) in [5.74, 6) is -0.518. The third kappa shape index (κ3) is 4.79. The van der Waals surface area contributed by atoms with E-state index in [2.05, 4.69) is 10.6 Å². The molecule has 1 atom stereocenters. The van der Waals surface area contributed by atoms with Gasteiger partial charge in [0.2, 0.25) is 11.8 Å². The van der Waals surface area contributed by atoms with E-state index in [4.69, 9.17) is 11.5 Å². The summed E-state index contributed by atoms with van der Waals surface area (Å²) in [5, 5.41) is 5.95. The molecular formula is C14H22N4O2. The lowest BCUT2D eigenvalue weighted by Gasteiger charge is -2.13. The van der Waals surface area contributed by atoms with Crippen LogP contribution in [-0.4, -0.2) is 24.4 Å². The molecule has 0 spiro atoms. The molecule has 2 amide bonds. The van der Waals surface area contributed by atoms with Gasteiger partial charge in [-0.1, -0.05) is 6.92 Å². The molecule has 0 saturated carbocycles. The van der Waals surface area contributed by atoms with Gasteiger partial charge in [-0.2, -0.15) is 0 Å². The molecule has 6 N–H and O–H groups in total. The molecule has 0 bridgehead atoms. The molecule has 0 heterocycles. The summed E-state index contributed by atoms with van der Waals surface area (Å²) in [6.07, 6.45) is 1.27. The second kappa shape index (κ2) is 7.37. The molecule has 0 aliphatic rings. The van der Waals surface area contributed by atoms with Crippen LogP contribution in [0.5, 0.6) is 0 Å². The zero-order valence-electron chi connectivity index (χ0n) is 11.9. The lowest BCUT2D eigenvalue weighted by Crippen LogP contribution is -2.33. The minimum absolute atomic E-state index is 0.000762. The minimum Gasteiger partial charge on any atom is -0.397 e. The van der Waals surface area contributed by atoms with Gasteiger partial charge in [0.05, 0.1) is 11.4 Å². The van der Waals surface area contributed by atoms with Crippen LogP contribution in [0.2, 0.25) is 0 Å². The summed E-state index contributed by atoms with van der Waals surface area (Å²) < 4.78 is 0. The van der Waals surface area contributed by atoms with E-state index in [1.54, 1.807) is 12.1 Å². The van der Waals surface area contributed by atoms with Gasteiger partial charge in [-0.25, -0.2) is 0 Å². The Balaban J connectivity index is 2.46. The number of nitrogens with one attached hydrogen (secondary N) is 2. The van der Waals surface area contributed by atoms with E-state index in [1.165, 1.54) is 6.07 Å². The van der Waals surface area contributed by atoms with E-state index < -0.39 is 5.91 Å². The van der Waals surface area contributed by atoms with Gasteiger partial charge in [0, 0.05) is 24.6 Å². The van der Waals surface area contributed by atoms with Gasteiger partial charge < -0.3 is 22.1 Å². The zero-order chi connectivity index (χ0) is 15.1. The lowest BCUT2D eigenvalue weighted by atomic mass is 10.1. The molecule has 6 heteroatoms. The van der Waals surface area contributed by atoms with E-state index in [0.29, 0.717) is 29.9 Å². The summed E-state index contributed by atoms with van der Waals surface area (Å²) in [5.41, 5.74) is 12.5. The first-order valence-electron chi connectivity index (χ1n) is 6.66. The number of benzene rings is 1. The van der Waals surface area contributed by atoms with Crippen molar-refractivity contribution >= 4 is 23.2 Å². The third-order valence-corrected chi connectivity index (χ3v) is 3.02. The Kier molecular flexibility index (Phi) is 5.83. The van der Waals surface area contributed by atoms with E-state index >= 15 is 0 Å². The van der Waals surface area contributed by atoms with Crippen molar-refractivity contribution in [3.63, 3.8) is 0 Å². The van der Waals surface area contributed by atoms with Gasteiger partial charge in [-0.05, 0) is 31.5 Å². The van der Waals surface area contributed by atoms with E-state index in [0.717, 1.165) is 6.42 Å². The molecule has 1 aromatic carbocycles. The SMILES string of the molecule is CCC(C)NC(=O)CCNc1ccc(C(N)=O)cc1N. The zero-order valence-corrected chi connectivity index (χ0v) is 11.9. The molecule has 1 aromatic rings. The van der Waals surface area contributed by atoms with Crippen molar-refractivity contribution in [1.82, 2.24) is 5.32 Å². The van der Waals surface area contributed by atoms with Crippen molar-refractivity contribution in [1.29, 1.82) is 0 Å². The van der Waals surface area contributed by atoms with Gasteiger partial charge in [-0.15, -0.1) is 0 Å². The van der Waals surface area contributed by atoms with Gasteiger partial charge in [0.15, 0.2) is 0 Å². The maximum Gasteiger partial charge on any atom is 0.248 e. The van der Waals surface area contributed by atoms with E-state index in [9.17, 15) is 9.59 Å². The largest absolute Gasteiger partial charge is 0.397 e. The third-order valence-electron chi connectivity index (χ3n) is 3.02. The molecule has 20 heavy (non-hydrogen) atoms. The highest BCUT2D eigenvalue weighted by molar-refractivity contribution is 5.94. The summed E-state index contributed by atoms with van der Waals surface area (Å²) in [6.45, 7) is 4.46. The number of carbonyl (C=O) groups excluding carboxylic acids is 2. The number of amides is 2. The highest BCUT2D eigenvalue weighted by Gasteiger charge is 2.07. The standard InChI is InChI=1S/C14H22N4O2/c1-3-9(2)18-13(19)6-7-17-12-5-4-10(14(16)20)8-11(12)15/h4-5,8-9,17H,3,6-7,15H2,1-2H3,(H2,16,20)(H,18,19). The lowest BCUT2D eigenvalue weighted by molar-refractivity contribution is -0.121. The van der Waals surface area contributed by atoms with Crippen molar-refractivity contribution < 1.29 is 9.59 Å². The van der Waals surface area contributed by atoms with Crippen molar-refractivity contribution in [3.8, 4) is 0 Å². The summed E-state index contributed by atoms with van der Waals surface area (Å²) in [4.78, 5) is 22.6. The fourth-order valence-electron chi connectivity index (χ4n) is 1.64. The maximum absolute atomic E-state index is 11.6. The second-order valence-electron chi connectivity index (χ2n) is 4.72. The number of nitrogens with two attached hydrogens (primary N) is 2. The summed E-state index contributed by atoms with van der Waals surface area (Å²) in [7, 11) is 0. The van der Waals surface area contributed by atoms with Crippen LogP contribution in [0.25, 0.3) is 0 Å². The van der Waals surface area contributed by atoms with Crippen molar-refractivity contribution in [3.05, 3.63) is 23.8 Å². The number of rotatable bonds is 7. The summed E-state index contributed by atoms with van der Waals surface area (Å²) in [6, 6.07) is 4.98. The fourth-order valence-corrected chi connectivity index (χ4v) is 1.64. The first kappa shape index (κ1) is 15.8. The van der Waals surface area contributed by atoms with Gasteiger partial charge in [0.25, 0.3) is 0 Å². The van der Waals surface area contributed by atoms with Gasteiger partial charge >= 0.3 is 0 Å². The number of hydrogen-bond acceptors (Lipinski definition) is 4. The van der Waals surface area contributed by atoms with Gasteiger partial charge in [0.1, 0.15) is 0 Å². The van der Waals surface area contributed by atoms with Crippen molar-refractivity contribution in [2.24, 2.45) is 5.73 Å². The Morgan fingerprint density at radius 3 is 2.60 bits per heavy atom. The average molecular weight is 278 g/mol. The Morgan fingerprint density at radius 2 is 2.05 bits per heavy atom. The van der Waals surface area contributed by atoms with Crippen LogP contribution in [-0.2, 0) is 4.79 Å². The quantitative estimate of drug-likeness (QED) is 0.559. The topological polar surface area (TPSA) is 110 Å². The van der Waals surface area contributed by atoms with E-state index in [1.807, 2.05) is 13.8 Å². The molecule has 110 valence electrons. The Hall–Kier alpha value is -2.24. The molecular weight excluding hydrogens is 256 g/mol. The fraction of sp³-hybridized carbons (Fsp3) is 0.429. The number of nitrogen functional groups attached to an aromatic ring is 1. The normalized spacial score (nSPS) is 11.7. The molecule has 0 saturated heterocycles. The van der Waals surface area contributed by atoms with Crippen LogP contribution in [0.15, 0.2) is 18.2 Å². The highest BCUT2D eigenvalue weighted by Crippen LogP contribution is 2.19. The average Bonchev–Trinajstić information content (AvgIpc) is 2.40. The summed E-state index contributed by atoms with van der Waals surface area (Å²) >= 11 is 0. The monoisotopic (exact) mass is 278 g/mol. The van der Waals surface area contributed by atoms with Crippen LogP contribution < -0.4 is 22.1 Å². The Bertz CT molecular complexity index is 488. The maximum atomic E-state index is 11.6. The molecule has 0 aliphatic carbocycles. The molecule has 1 unspecified atom stereocenters. The predicted octanol–water partition coefficient (Wildman–Crippen LogP) is 1.08. The Labute approximate surface area is 118 Å². The van der Waals surface area contributed by atoms with E-state index in [-0.39, 0.29) is 11.9 Å².